The van der Waals surface area contributed by atoms with Crippen LogP contribution in [0, 0.1) is 23.4 Å². The van der Waals surface area contributed by atoms with Crippen LogP contribution in [0.3, 0.4) is 0 Å². The third-order valence-corrected chi connectivity index (χ3v) is 7.97. The van der Waals surface area contributed by atoms with Crippen molar-refractivity contribution in [2.24, 2.45) is 5.92 Å². The second-order valence-corrected chi connectivity index (χ2v) is 10.5. The predicted octanol–water partition coefficient (Wildman–Crippen LogP) is 6.67. The van der Waals surface area contributed by atoms with Crippen LogP contribution in [0.4, 0.5) is 32.0 Å². The first-order valence-electron chi connectivity index (χ1n) is 13.5. The van der Waals surface area contributed by atoms with Gasteiger partial charge in [-0.25, -0.2) is 8.78 Å². The van der Waals surface area contributed by atoms with Crippen LogP contribution in [-0.4, -0.2) is 44.6 Å². The van der Waals surface area contributed by atoms with Gasteiger partial charge in [0.2, 0.25) is 5.82 Å². The number of ether oxygens (including phenoxy) is 3. The Morgan fingerprint density at radius 1 is 1.05 bits per heavy atom. The second-order valence-electron chi connectivity index (χ2n) is 10.5. The highest BCUT2D eigenvalue weighted by molar-refractivity contribution is 5.95. The van der Waals surface area contributed by atoms with Crippen LogP contribution in [0.2, 0.25) is 0 Å². The molecule has 6 nitrogen and oxygen atoms in total. The lowest BCUT2D eigenvalue weighted by molar-refractivity contribution is -0.272. The highest BCUT2D eigenvalue weighted by Gasteiger charge is 2.66. The van der Waals surface area contributed by atoms with E-state index < -0.39 is 64.9 Å². The van der Waals surface area contributed by atoms with Crippen molar-refractivity contribution in [1.29, 1.82) is 0 Å². The number of anilines is 1. The standard InChI is InChI=1S/C31H32F6N2O4/c1-17-25(20-11-13-22(33)26(34)27(20)41-4)28(43-30(17,2)31(35,36)37)29(40)39-23-14-19(10-12-21(23)32)24(38-3)16-42-15-18-8-6-5-7-9-18/h5-14,17,24-25,28,38H,15-16H2,1-4H3,(H,39,40)/t17-,24?,25-,28+,30+/m0/s1. The molecule has 12 heteroatoms. The first-order chi connectivity index (χ1) is 20.3. The largest absolute Gasteiger partial charge is 0.493 e. The maximum atomic E-state index is 14.9. The average Bonchev–Trinajstić information content (AvgIpc) is 3.25. The van der Waals surface area contributed by atoms with Crippen molar-refractivity contribution >= 4 is 11.6 Å². The fraction of sp³-hybridized carbons (Fsp3) is 0.387. The topological polar surface area (TPSA) is 68.8 Å². The van der Waals surface area contributed by atoms with Gasteiger partial charge in [0.1, 0.15) is 11.9 Å². The van der Waals surface area contributed by atoms with Gasteiger partial charge in [0.05, 0.1) is 32.1 Å². The molecule has 0 spiro atoms. The third-order valence-electron chi connectivity index (χ3n) is 7.97. The predicted molar refractivity (Wildman–Crippen MR) is 147 cm³/mol. The van der Waals surface area contributed by atoms with Crippen LogP contribution >= 0.6 is 0 Å². The van der Waals surface area contributed by atoms with Gasteiger partial charge in [-0.15, -0.1) is 0 Å². The molecule has 1 aliphatic rings. The highest BCUT2D eigenvalue weighted by atomic mass is 19.4. The fourth-order valence-electron chi connectivity index (χ4n) is 5.31. The number of carbonyl (C=O) groups is 1. The Bertz CT molecular complexity index is 1440. The van der Waals surface area contributed by atoms with Gasteiger partial charge in [0, 0.05) is 17.4 Å². The molecule has 1 aliphatic heterocycles. The van der Waals surface area contributed by atoms with E-state index in [2.05, 4.69) is 10.6 Å². The summed E-state index contributed by atoms with van der Waals surface area (Å²) in [5, 5.41) is 5.40. The molecule has 43 heavy (non-hydrogen) atoms. The molecular weight excluding hydrogens is 578 g/mol. The summed E-state index contributed by atoms with van der Waals surface area (Å²) in [7, 11) is 2.70. The van der Waals surface area contributed by atoms with E-state index in [4.69, 9.17) is 14.2 Å². The van der Waals surface area contributed by atoms with E-state index in [-0.39, 0.29) is 17.9 Å². The summed E-state index contributed by atoms with van der Waals surface area (Å²) in [6, 6.07) is 14.7. The first-order valence-corrected chi connectivity index (χ1v) is 13.5. The molecule has 0 radical (unpaired) electrons. The van der Waals surface area contributed by atoms with Gasteiger partial charge in [0.15, 0.2) is 17.2 Å². The second kappa shape index (κ2) is 12.9. The Hall–Kier alpha value is -3.61. The molecule has 0 saturated carbocycles. The summed E-state index contributed by atoms with van der Waals surface area (Å²) in [4.78, 5) is 13.5. The smallest absolute Gasteiger partial charge is 0.417 e. The summed E-state index contributed by atoms with van der Waals surface area (Å²) in [5.41, 5.74) is -1.86. The average molecular weight is 611 g/mol. The zero-order valence-electron chi connectivity index (χ0n) is 23.9. The lowest BCUT2D eigenvalue weighted by atomic mass is 9.77. The number of benzene rings is 3. The van der Waals surface area contributed by atoms with Crippen molar-refractivity contribution in [1.82, 2.24) is 5.32 Å². The summed E-state index contributed by atoms with van der Waals surface area (Å²) < 4.78 is 102. The number of alkyl halides is 3. The molecule has 2 N–H and O–H groups in total. The van der Waals surface area contributed by atoms with Crippen molar-refractivity contribution in [2.75, 3.05) is 26.1 Å². The van der Waals surface area contributed by atoms with E-state index in [1.54, 1.807) is 7.05 Å². The molecular formula is C31H32F6N2O4. The molecule has 1 amide bonds. The van der Waals surface area contributed by atoms with Crippen molar-refractivity contribution in [3.8, 4) is 5.75 Å². The Labute approximate surface area is 245 Å². The van der Waals surface area contributed by atoms with Crippen LogP contribution in [0.25, 0.3) is 0 Å². The minimum Gasteiger partial charge on any atom is -0.493 e. The summed E-state index contributed by atoms with van der Waals surface area (Å²) >= 11 is 0. The van der Waals surface area contributed by atoms with Gasteiger partial charge < -0.3 is 24.8 Å². The number of halogens is 6. The van der Waals surface area contributed by atoms with E-state index in [1.165, 1.54) is 19.1 Å². The third kappa shape index (κ3) is 6.51. The van der Waals surface area contributed by atoms with Gasteiger partial charge in [-0.2, -0.15) is 17.6 Å². The van der Waals surface area contributed by atoms with E-state index in [0.29, 0.717) is 12.2 Å². The van der Waals surface area contributed by atoms with Crippen molar-refractivity contribution in [3.63, 3.8) is 0 Å². The molecule has 0 bridgehead atoms. The zero-order chi connectivity index (χ0) is 31.5. The van der Waals surface area contributed by atoms with Crippen LogP contribution in [0.1, 0.15) is 42.5 Å². The Morgan fingerprint density at radius 3 is 2.35 bits per heavy atom. The minimum atomic E-state index is -4.93. The molecule has 3 aromatic carbocycles. The SMILES string of the molecule is CNC(COCc1ccccc1)c1ccc(F)c(NC(=O)[C@@H]2O[C@@](C)(C(F)(F)F)[C@@H](C)[C@H]2c2ccc(F)c(F)c2OC)c1. The summed E-state index contributed by atoms with van der Waals surface area (Å²) in [6.07, 6.45) is -6.80. The Kier molecular flexibility index (Phi) is 9.73. The van der Waals surface area contributed by atoms with Crippen LogP contribution < -0.4 is 15.4 Å². The molecule has 0 aliphatic carbocycles. The molecule has 5 atom stereocenters. The Balaban J connectivity index is 1.62. The normalized spacial score (nSPS) is 22.8. The summed E-state index contributed by atoms with van der Waals surface area (Å²) in [6.45, 7) is 2.49. The lowest BCUT2D eigenvalue weighted by Crippen LogP contribution is -2.47. The molecule has 3 aromatic rings. The van der Waals surface area contributed by atoms with Crippen molar-refractivity contribution in [3.05, 3.63) is 94.8 Å². The van der Waals surface area contributed by atoms with Crippen LogP contribution in [0.5, 0.6) is 5.75 Å². The number of rotatable bonds is 10. The van der Waals surface area contributed by atoms with Gasteiger partial charge in [-0.3, -0.25) is 4.79 Å². The maximum absolute atomic E-state index is 14.9. The van der Waals surface area contributed by atoms with Crippen molar-refractivity contribution in [2.45, 2.75) is 50.3 Å². The number of hydrogen-bond acceptors (Lipinski definition) is 5. The molecule has 0 aromatic heterocycles. The van der Waals surface area contributed by atoms with E-state index >= 15 is 0 Å². The monoisotopic (exact) mass is 610 g/mol. The molecule has 4 rings (SSSR count). The van der Waals surface area contributed by atoms with Gasteiger partial charge in [-0.1, -0.05) is 49.4 Å². The quantitative estimate of drug-likeness (QED) is 0.251. The molecule has 1 fully saturated rings. The maximum Gasteiger partial charge on any atom is 0.417 e. The number of likely N-dealkylation sites (N-methyl/N-ethyl adjacent to an activating group) is 1. The number of hydrogen-bond donors (Lipinski definition) is 2. The van der Waals surface area contributed by atoms with Crippen molar-refractivity contribution < 1.29 is 45.3 Å². The highest BCUT2D eigenvalue weighted by Crippen LogP contribution is 2.55. The minimum absolute atomic E-state index is 0.190. The first kappa shape index (κ1) is 32.3. The molecule has 1 unspecified atom stereocenters. The van der Waals surface area contributed by atoms with Gasteiger partial charge in [-0.05, 0) is 43.3 Å². The molecule has 1 saturated heterocycles. The van der Waals surface area contributed by atoms with Gasteiger partial charge >= 0.3 is 6.18 Å². The number of amides is 1. The Morgan fingerprint density at radius 2 is 1.72 bits per heavy atom. The fourth-order valence-corrected chi connectivity index (χ4v) is 5.31. The zero-order valence-corrected chi connectivity index (χ0v) is 23.9. The number of nitrogens with one attached hydrogen (secondary N) is 2. The van der Waals surface area contributed by atoms with E-state index in [0.717, 1.165) is 37.8 Å². The van der Waals surface area contributed by atoms with Crippen LogP contribution in [-0.2, 0) is 20.9 Å². The van der Waals surface area contributed by atoms with Gasteiger partial charge in [0.25, 0.3) is 5.91 Å². The summed E-state index contributed by atoms with van der Waals surface area (Å²) in [5.74, 6) is -8.17. The van der Waals surface area contributed by atoms with E-state index in [9.17, 15) is 31.1 Å². The van der Waals surface area contributed by atoms with Crippen LogP contribution in [0.15, 0.2) is 60.7 Å². The number of carbonyl (C=O) groups excluding carboxylic acids is 1. The molecule has 232 valence electrons. The number of methoxy groups -OCH3 is 1. The lowest BCUT2D eigenvalue weighted by Gasteiger charge is -2.32. The van der Waals surface area contributed by atoms with E-state index in [1.807, 2.05) is 30.3 Å². The molecule has 1 heterocycles.